The van der Waals surface area contributed by atoms with Crippen LogP contribution in [0.15, 0.2) is 36.4 Å². The average molecular weight is 361 g/mol. The number of hydrogen-bond donors (Lipinski definition) is 1. The third kappa shape index (κ3) is 3.51. The average Bonchev–Trinajstić information content (AvgIpc) is 2.91. The third-order valence-corrected chi connectivity index (χ3v) is 4.80. The molecule has 4 nitrogen and oxygen atoms in total. The first-order chi connectivity index (χ1) is 11.9. The van der Waals surface area contributed by atoms with Crippen LogP contribution in [0.25, 0.3) is 0 Å². The number of rotatable bonds is 3. The molecule has 1 fully saturated rings. The molecule has 0 bridgehead atoms. The summed E-state index contributed by atoms with van der Waals surface area (Å²) in [5.41, 5.74) is 3.24. The first kappa shape index (κ1) is 17.4. The van der Waals surface area contributed by atoms with Crippen LogP contribution >= 0.6 is 11.6 Å². The molecule has 2 aromatic carbocycles. The van der Waals surface area contributed by atoms with Crippen molar-refractivity contribution in [1.82, 2.24) is 5.32 Å². The highest BCUT2D eigenvalue weighted by molar-refractivity contribution is 6.33. The van der Waals surface area contributed by atoms with E-state index in [2.05, 4.69) is 5.32 Å². The van der Waals surface area contributed by atoms with E-state index in [-0.39, 0.29) is 16.5 Å². The largest absolute Gasteiger partial charge is 0.340 e. The number of halogens is 2. The van der Waals surface area contributed by atoms with Crippen LogP contribution in [0.1, 0.15) is 27.9 Å². The van der Waals surface area contributed by atoms with Crippen LogP contribution in [-0.4, -0.2) is 24.4 Å². The Kier molecular flexibility index (Phi) is 4.77. The maximum atomic E-state index is 13.1. The number of nitrogens with zero attached hydrogens (tertiary/aromatic N) is 1. The number of carbonyl (C=O) groups is 2. The van der Waals surface area contributed by atoms with E-state index >= 15 is 0 Å². The zero-order chi connectivity index (χ0) is 18.1. The molecular formula is C19H18ClFN2O2. The lowest BCUT2D eigenvalue weighted by Gasteiger charge is -2.18. The summed E-state index contributed by atoms with van der Waals surface area (Å²) in [5.74, 6) is -1.15. The summed E-state index contributed by atoms with van der Waals surface area (Å²) in [4.78, 5) is 26.6. The van der Waals surface area contributed by atoms with Gasteiger partial charge in [-0.2, -0.15) is 0 Å². The van der Waals surface area contributed by atoms with Gasteiger partial charge in [-0.25, -0.2) is 4.39 Å². The fourth-order valence-corrected chi connectivity index (χ4v) is 3.13. The van der Waals surface area contributed by atoms with E-state index in [0.29, 0.717) is 13.0 Å². The van der Waals surface area contributed by atoms with Gasteiger partial charge in [-0.1, -0.05) is 17.7 Å². The van der Waals surface area contributed by atoms with Crippen LogP contribution in [0.5, 0.6) is 0 Å². The maximum Gasteiger partial charge on any atom is 0.253 e. The molecule has 0 saturated carbocycles. The maximum absolute atomic E-state index is 13.1. The van der Waals surface area contributed by atoms with Gasteiger partial charge in [-0.15, -0.1) is 0 Å². The number of anilines is 1. The molecule has 1 atom stereocenters. The van der Waals surface area contributed by atoms with Gasteiger partial charge in [0.2, 0.25) is 5.91 Å². The Labute approximate surface area is 150 Å². The molecular weight excluding hydrogens is 343 g/mol. The van der Waals surface area contributed by atoms with Crippen molar-refractivity contribution in [2.45, 2.75) is 26.3 Å². The van der Waals surface area contributed by atoms with E-state index < -0.39 is 17.8 Å². The topological polar surface area (TPSA) is 49.4 Å². The normalized spacial score (nSPS) is 17.0. The summed E-state index contributed by atoms with van der Waals surface area (Å²) in [6.45, 7) is 4.54. The van der Waals surface area contributed by atoms with Crippen molar-refractivity contribution in [3.05, 3.63) is 63.9 Å². The molecule has 1 heterocycles. The van der Waals surface area contributed by atoms with Crippen LogP contribution in [-0.2, 0) is 4.79 Å². The molecule has 0 spiro atoms. The molecule has 1 aliphatic rings. The van der Waals surface area contributed by atoms with E-state index in [1.165, 1.54) is 12.1 Å². The van der Waals surface area contributed by atoms with E-state index in [1.54, 1.807) is 4.90 Å². The quantitative estimate of drug-likeness (QED) is 0.908. The summed E-state index contributed by atoms with van der Waals surface area (Å²) in [6, 6.07) is 8.79. The molecule has 2 amide bonds. The standard InChI is InChI=1S/C19H18ClFN2O2/c1-11-3-5-14(9-12(11)2)23-8-7-17(19(23)25)22-18(24)15-6-4-13(21)10-16(15)20/h3-6,9-10,17H,7-8H2,1-2H3,(H,22,24)/t17-/m1/s1. The van der Waals surface area contributed by atoms with Crippen LogP contribution in [0, 0.1) is 19.7 Å². The molecule has 6 heteroatoms. The highest BCUT2D eigenvalue weighted by Crippen LogP contribution is 2.25. The summed E-state index contributed by atoms with van der Waals surface area (Å²) in [6.07, 6.45) is 0.510. The van der Waals surface area contributed by atoms with E-state index in [4.69, 9.17) is 11.6 Å². The second-order valence-corrected chi connectivity index (χ2v) is 6.60. The number of amides is 2. The van der Waals surface area contributed by atoms with Gasteiger partial charge < -0.3 is 10.2 Å². The van der Waals surface area contributed by atoms with Crippen LogP contribution in [0.3, 0.4) is 0 Å². The van der Waals surface area contributed by atoms with Gasteiger partial charge in [0, 0.05) is 12.2 Å². The molecule has 0 unspecified atom stereocenters. The highest BCUT2D eigenvalue weighted by Gasteiger charge is 2.34. The van der Waals surface area contributed by atoms with Crippen molar-refractivity contribution >= 4 is 29.1 Å². The second kappa shape index (κ2) is 6.84. The number of carbonyl (C=O) groups excluding carboxylic acids is 2. The fraction of sp³-hybridized carbons (Fsp3) is 0.263. The van der Waals surface area contributed by atoms with Crippen LogP contribution < -0.4 is 10.2 Å². The first-order valence-corrected chi connectivity index (χ1v) is 8.39. The van der Waals surface area contributed by atoms with Crippen molar-refractivity contribution < 1.29 is 14.0 Å². The fourth-order valence-electron chi connectivity index (χ4n) is 2.87. The predicted octanol–water partition coefficient (Wildman–Crippen LogP) is 3.63. The Morgan fingerprint density at radius 2 is 1.96 bits per heavy atom. The van der Waals surface area contributed by atoms with Gasteiger partial charge in [-0.05, 0) is 61.7 Å². The predicted molar refractivity (Wildman–Crippen MR) is 95.6 cm³/mol. The van der Waals surface area contributed by atoms with Gasteiger partial charge in [0.15, 0.2) is 0 Å². The van der Waals surface area contributed by atoms with Crippen molar-refractivity contribution in [3.8, 4) is 0 Å². The lowest BCUT2D eigenvalue weighted by Crippen LogP contribution is -2.41. The minimum atomic E-state index is -0.616. The van der Waals surface area contributed by atoms with Gasteiger partial charge in [0.05, 0.1) is 10.6 Å². The summed E-state index contributed by atoms with van der Waals surface area (Å²) in [5, 5.41) is 2.72. The van der Waals surface area contributed by atoms with Crippen molar-refractivity contribution in [2.24, 2.45) is 0 Å². The van der Waals surface area contributed by atoms with Crippen molar-refractivity contribution in [3.63, 3.8) is 0 Å². The molecule has 0 aliphatic carbocycles. The second-order valence-electron chi connectivity index (χ2n) is 6.20. The van der Waals surface area contributed by atoms with Crippen LogP contribution in [0.2, 0.25) is 5.02 Å². The molecule has 0 radical (unpaired) electrons. The first-order valence-electron chi connectivity index (χ1n) is 8.01. The minimum Gasteiger partial charge on any atom is -0.340 e. The van der Waals surface area contributed by atoms with Crippen molar-refractivity contribution in [2.75, 3.05) is 11.4 Å². The Bertz CT molecular complexity index is 853. The lowest BCUT2D eigenvalue weighted by molar-refractivity contribution is -0.118. The number of nitrogens with one attached hydrogen (secondary N) is 1. The van der Waals surface area contributed by atoms with E-state index in [9.17, 15) is 14.0 Å². The smallest absolute Gasteiger partial charge is 0.253 e. The molecule has 130 valence electrons. The highest BCUT2D eigenvalue weighted by atomic mass is 35.5. The Morgan fingerprint density at radius 1 is 1.20 bits per heavy atom. The zero-order valence-electron chi connectivity index (χ0n) is 14.0. The SMILES string of the molecule is Cc1ccc(N2CC[C@@H](NC(=O)c3ccc(F)cc3Cl)C2=O)cc1C. The van der Waals surface area contributed by atoms with Gasteiger partial charge >= 0.3 is 0 Å². The minimum absolute atomic E-state index is 0.0222. The summed E-state index contributed by atoms with van der Waals surface area (Å²) < 4.78 is 13.1. The van der Waals surface area contributed by atoms with Gasteiger partial charge in [0.25, 0.3) is 5.91 Å². The van der Waals surface area contributed by atoms with Gasteiger partial charge in [0.1, 0.15) is 11.9 Å². The lowest BCUT2D eigenvalue weighted by atomic mass is 10.1. The molecule has 1 saturated heterocycles. The monoisotopic (exact) mass is 360 g/mol. The molecule has 1 aliphatic heterocycles. The summed E-state index contributed by atoms with van der Waals surface area (Å²) >= 11 is 5.91. The van der Waals surface area contributed by atoms with E-state index in [1.807, 2.05) is 32.0 Å². The Morgan fingerprint density at radius 3 is 2.64 bits per heavy atom. The Balaban J connectivity index is 1.73. The molecule has 2 aromatic rings. The molecule has 0 aromatic heterocycles. The Hall–Kier alpha value is -2.40. The molecule has 3 rings (SSSR count). The third-order valence-electron chi connectivity index (χ3n) is 4.49. The van der Waals surface area contributed by atoms with Crippen LogP contribution in [0.4, 0.5) is 10.1 Å². The number of hydrogen-bond acceptors (Lipinski definition) is 2. The molecule has 1 N–H and O–H groups in total. The number of aryl methyl sites for hydroxylation is 2. The van der Waals surface area contributed by atoms with Gasteiger partial charge in [-0.3, -0.25) is 9.59 Å². The summed E-state index contributed by atoms with van der Waals surface area (Å²) in [7, 11) is 0. The molecule has 25 heavy (non-hydrogen) atoms. The van der Waals surface area contributed by atoms with E-state index in [0.717, 1.165) is 22.9 Å². The van der Waals surface area contributed by atoms with Crippen molar-refractivity contribution in [1.29, 1.82) is 0 Å². The zero-order valence-corrected chi connectivity index (χ0v) is 14.7. The number of benzene rings is 2.